The average Bonchev–Trinajstić information content (AvgIpc) is 1.86. The minimum absolute atomic E-state index is 0.0810. The van der Waals surface area contributed by atoms with Gasteiger partial charge in [-0.25, -0.2) is 0 Å². The standard InChI is InChI=1S/C7H9O3P/c1-6-3-2-4-7(5-6)11(8,9)10/h2-5H,1H3,(H2,8,9,10). The van der Waals surface area contributed by atoms with Crippen LogP contribution < -0.4 is 5.30 Å². The highest BCUT2D eigenvalue weighted by Gasteiger charge is 2.15. The van der Waals surface area contributed by atoms with Crippen molar-refractivity contribution in [2.75, 3.05) is 0 Å². The van der Waals surface area contributed by atoms with Gasteiger partial charge in [0.05, 0.1) is 5.30 Å². The molecule has 3 nitrogen and oxygen atoms in total. The van der Waals surface area contributed by atoms with Gasteiger partial charge in [-0.05, 0) is 19.1 Å². The summed E-state index contributed by atoms with van der Waals surface area (Å²) in [5.74, 6) is 0. The highest BCUT2D eigenvalue weighted by atomic mass is 31.2. The van der Waals surface area contributed by atoms with Crippen LogP contribution in [0.1, 0.15) is 5.56 Å². The highest BCUT2D eigenvalue weighted by molar-refractivity contribution is 7.60. The smallest absolute Gasteiger partial charge is 0.321 e. The Morgan fingerprint density at radius 3 is 2.36 bits per heavy atom. The zero-order valence-electron chi connectivity index (χ0n) is 6.06. The van der Waals surface area contributed by atoms with Gasteiger partial charge in [0.2, 0.25) is 0 Å². The van der Waals surface area contributed by atoms with Gasteiger partial charge in [-0.2, -0.15) is 0 Å². The minimum Gasteiger partial charge on any atom is -0.321 e. The molecule has 0 fully saturated rings. The van der Waals surface area contributed by atoms with Gasteiger partial charge in [0.25, 0.3) is 0 Å². The number of aryl methyl sites for hydroxylation is 1. The summed E-state index contributed by atoms with van der Waals surface area (Å²) in [6, 6.07) is 6.33. The van der Waals surface area contributed by atoms with Crippen LogP contribution in [-0.4, -0.2) is 9.79 Å². The Bertz CT molecular complexity index is 302. The molecule has 0 atom stereocenters. The fourth-order valence-electron chi connectivity index (χ4n) is 0.809. The van der Waals surface area contributed by atoms with Crippen molar-refractivity contribution >= 4 is 12.9 Å². The third-order valence-corrected chi connectivity index (χ3v) is 2.29. The Hall–Kier alpha value is -0.630. The van der Waals surface area contributed by atoms with E-state index in [2.05, 4.69) is 0 Å². The maximum Gasteiger partial charge on any atom is 0.356 e. The van der Waals surface area contributed by atoms with E-state index in [4.69, 9.17) is 9.79 Å². The molecule has 0 saturated heterocycles. The summed E-state index contributed by atoms with van der Waals surface area (Å²) in [4.78, 5) is 17.4. The minimum atomic E-state index is -4.05. The van der Waals surface area contributed by atoms with Crippen LogP contribution >= 0.6 is 7.60 Å². The van der Waals surface area contributed by atoms with Crippen molar-refractivity contribution in [3.05, 3.63) is 29.8 Å². The first-order valence-corrected chi connectivity index (χ1v) is 4.74. The van der Waals surface area contributed by atoms with Crippen LogP contribution in [0.15, 0.2) is 24.3 Å². The molecule has 0 aliphatic rings. The molecule has 0 radical (unpaired) electrons. The van der Waals surface area contributed by atoms with E-state index in [1.165, 1.54) is 12.1 Å². The lowest BCUT2D eigenvalue weighted by Gasteiger charge is -2.03. The first-order valence-electron chi connectivity index (χ1n) is 3.13. The van der Waals surface area contributed by atoms with Gasteiger partial charge in [-0.1, -0.05) is 17.7 Å². The van der Waals surface area contributed by atoms with Crippen molar-refractivity contribution in [1.82, 2.24) is 0 Å². The summed E-state index contributed by atoms with van der Waals surface area (Å²) in [6.45, 7) is 1.79. The Kier molecular flexibility index (Phi) is 2.14. The molecule has 0 unspecified atom stereocenters. The second kappa shape index (κ2) is 2.78. The predicted molar refractivity (Wildman–Crippen MR) is 42.9 cm³/mol. The second-order valence-electron chi connectivity index (χ2n) is 2.38. The van der Waals surface area contributed by atoms with Crippen LogP contribution in [0.3, 0.4) is 0 Å². The van der Waals surface area contributed by atoms with Gasteiger partial charge in [0.15, 0.2) is 0 Å². The fraction of sp³-hybridized carbons (Fsp3) is 0.143. The normalized spacial score (nSPS) is 11.5. The molecule has 0 spiro atoms. The van der Waals surface area contributed by atoms with E-state index in [9.17, 15) is 4.57 Å². The van der Waals surface area contributed by atoms with Crippen molar-refractivity contribution < 1.29 is 14.4 Å². The molecule has 60 valence electrons. The van der Waals surface area contributed by atoms with Crippen molar-refractivity contribution in [2.45, 2.75) is 6.92 Å². The third-order valence-electron chi connectivity index (χ3n) is 1.34. The molecule has 1 rings (SSSR count). The molecule has 2 N–H and O–H groups in total. The van der Waals surface area contributed by atoms with Crippen molar-refractivity contribution in [2.24, 2.45) is 0 Å². The maximum absolute atomic E-state index is 10.7. The van der Waals surface area contributed by atoms with Gasteiger partial charge in [-0.3, -0.25) is 4.57 Å². The maximum atomic E-state index is 10.7. The first-order chi connectivity index (χ1) is 5.00. The van der Waals surface area contributed by atoms with E-state index in [0.717, 1.165) is 5.56 Å². The van der Waals surface area contributed by atoms with Crippen molar-refractivity contribution in [3.63, 3.8) is 0 Å². The van der Waals surface area contributed by atoms with E-state index >= 15 is 0 Å². The van der Waals surface area contributed by atoms with Crippen LogP contribution in [0.4, 0.5) is 0 Å². The van der Waals surface area contributed by atoms with E-state index in [-0.39, 0.29) is 5.30 Å². The Balaban J connectivity index is 3.17. The second-order valence-corrected chi connectivity index (χ2v) is 3.99. The molecule has 0 amide bonds. The molecule has 0 heterocycles. The van der Waals surface area contributed by atoms with Gasteiger partial charge in [0.1, 0.15) is 0 Å². The monoisotopic (exact) mass is 172 g/mol. The van der Waals surface area contributed by atoms with E-state index in [1.807, 2.05) is 0 Å². The topological polar surface area (TPSA) is 57.5 Å². The Morgan fingerprint density at radius 2 is 2.00 bits per heavy atom. The summed E-state index contributed by atoms with van der Waals surface area (Å²) in [5.41, 5.74) is 0.853. The Morgan fingerprint density at radius 1 is 1.36 bits per heavy atom. The molecule has 1 aromatic rings. The number of hydrogen-bond acceptors (Lipinski definition) is 1. The summed E-state index contributed by atoms with van der Waals surface area (Å²) < 4.78 is 10.7. The molecule has 0 aliphatic carbocycles. The largest absolute Gasteiger partial charge is 0.356 e. The van der Waals surface area contributed by atoms with E-state index < -0.39 is 7.60 Å². The SMILES string of the molecule is Cc1cccc(P(=O)(O)O)c1. The van der Waals surface area contributed by atoms with Crippen molar-refractivity contribution in [1.29, 1.82) is 0 Å². The van der Waals surface area contributed by atoms with Gasteiger partial charge < -0.3 is 9.79 Å². The lowest BCUT2D eigenvalue weighted by molar-refractivity contribution is 0.387. The van der Waals surface area contributed by atoms with Gasteiger partial charge >= 0.3 is 7.60 Å². The van der Waals surface area contributed by atoms with E-state index in [1.54, 1.807) is 19.1 Å². The summed E-state index contributed by atoms with van der Waals surface area (Å²) >= 11 is 0. The Labute approximate surface area is 64.8 Å². The van der Waals surface area contributed by atoms with Crippen LogP contribution in [0.2, 0.25) is 0 Å². The lowest BCUT2D eigenvalue weighted by atomic mass is 10.2. The van der Waals surface area contributed by atoms with Gasteiger partial charge in [0, 0.05) is 0 Å². The summed E-state index contributed by atoms with van der Waals surface area (Å²) in [5, 5.41) is 0.0810. The summed E-state index contributed by atoms with van der Waals surface area (Å²) in [6.07, 6.45) is 0. The molecule has 0 aromatic heterocycles. The van der Waals surface area contributed by atoms with Crippen molar-refractivity contribution in [3.8, 4) is 0 Å². The van der Waals surface area contributed by atoms with Crippen LogP contribution in [-0.2, 0) is 4.57 Å². The first kappa shape index (κ1) is 8.47. The van der Waals surface area contributed by atoms with Crippen LogP contribution in [0.5, 0.6) is 0 Å². The van der Waals surface area contributed by atoms with Gasteiger partial charge in [-0.15, -0.1) is 0 Å². The molecule has 0 saturated carbocycles. The third kappa shape index (κ3) is 2.15. The highest BCUT2D eigenvalue weighted by Crippen LogP contribution is 2.32. The zero-order valence-corrected chi connectivity index (χ0v) is 6.95. The summed E-state index contributed by atoms with van der Waals surface area (Å²) in [7, 11) is -4.05. The molecule has 11 heavy (non-hydrogen) atoms. The molecule has 0 aliphatic heterocycles. The molecule has 0 bridgehead atoms. The molecular formula is C7H9O3P. The predicted octanol–water partition coefficient (Wildman–Crippen LogP) is 0.798. The quantitative estimate of drug-likeness (QED) is 0.616. The number of benzene rings is 1. The fourth-order valence-corrected chi connectivity index (χ4v) is 1.46. The van der Waals surface area contributed by atoms with E-state index in [0.29, 0.717) is 0 Å². The average molecular weight is 172 g/mol. The van der Waals surface area contributed by atoms with Crippen LogP contribution in [0.25, 0.3) is 0 Å². The number of rotatable bonds is 1. The molecular weight excluding hydrogens is 163 g/mol. The molecule has 4 heteroatoms. The van der Waals surface area contributed by atoms with Crippen LogP contribution in [0, 0.1) is 6.92 Å². The number of hydrogen-bond donors (Lipinski definition) is 2. The lowest BCUT2D eigenvalue weighted by Crippen LogP contribution is -2.02. The zero-order chi connectivity index (χ0) is 8.48. The molecule has 1 aromatic carbocycles.